The quantitative estimate of drug-likeness (QED) is 0.380. The van der Waals surface area contributed by atoms with Crippen LogP contribution in [0.2, 0.25) is 0 Å². The molecule has 0 spiro atoms. The fourth-order valence-electron chi connectivity index (χ4n) is 2.19. The molecular weight excluding hydrogens is 456 g/mol. The first kappa shape index (κ1) is 14.1. The van der Waals surface area contributed by atoms with Crippen LogP contribution < -0.4 is 0 Å². The van der Waals surface area contributed by atoms with Crippen LogP contribution in [-0.4, -0.2) is 18.1 Å². The second kappa shape index (κ2) is 5.33. The van der Waals surface area contributed by atoms with Crippen LogP contribution in [-0.2, 0) is 22.4 Å². The van der Waals surface area contributed by atoms with Crippen molar-refractivity contribution in [2.45, 2.75) is 25.3 Å². The zero-order valence-electron chi connectivity index (χ0n) is 9.80. The van der Waals surface area contributed by atoms with E-state index in [4.69, 9.17) is 11.3 Å². The molecule has 0 amide bonds. The number of halogens is 2. The maximum Gasteiger partial charge on any atom is 0.394 e. The summed E-state index contributed by atoms with van der Waals surface area (Å²) in [5.41, 5.74) is 1.17. The topological polar surface area (TPSA) is 30.7 Å². The van der Waals surface area contributed by atoms with Crippen LogP contribution in [0.25, 0.3) is 4.85 Å². The Morgan fingerprint density at radius 1 is 1.39 bits per heavy atom. The molecule has 0 N–H and O–H groups in total. The first-order valence-electron chi connectivity index (χ1n) is 5.55. The molecule has 5 heteroatoms. The van der Waals surface area contributed by atoms with Gasteiger partial charge in [0.25, 0.3) is 0 Å². The maximum atomic E-state index is 12.0. The molecule has 1 aliphatic rings. The molecule has 0 saturated carbocycles. The van der Waals surface area contributed by atoms with E-state index in [9.17, 15) is 4.79 Å². The zero-order valence-corrected chi connectivity index (χ0v) is 14.1. The summed E-state index contributed by atoms with van der Waals surface area (Å²) in [5.74, 6) is -0.388. The predicted molar refractivity (Wildman–Crippen MR) is 85.3 cm³/mol. The summed E-state index contributed by atoms with van der Waals surface area (Å²) >= 11 is 4.55. The minimum absolute atomic E-state index is 0.321. The van der Waals surface area contributed by atoms with E-state index in [1.807, 2.05) is 0 Å². The first-order valence-corrected chi connectivity index (χ1v) is 7.71. The monoisotopic (exact) mass is 467 g/mol. The van der Waals surface area contributed by atoms with E-state index in [0.29, 0.717) is 19.4 Å². The Morgan fingerprint density at radius 3 is 2.28 bits per heavy atom. The second-order valence-electron chi connectivity index (χ2n) is 4.25. The number of fused-ring (bicyclic) bond motifs is 1. The number of esters is 1. The lowest BCUT2D eigenvalue weighted by molar-refractivity contribution is -0.147. The number of carbonyl (C=O) groups is 1. The van der Waals surface area contributed by atoms with Crippen molar-refractivity contribution >= 4 is 51.2 Å². The third-order valence-electron chi connectivity index (χ3n) is 3.08. The number of rotatable bonds is 2. The number of hydrogen-bond acceptors (Lipinski definition) is 2. The van der Waals surface area contributed by atoms with Gasteiger partial charge in [-0.15, -0.1) is 0 Å². The van der Waals surface area contributed by atoms with Crippen LogP contribution in [0.1, 0.15) is 18.1 Å². The Bertz CT molecular complexity index is 518. The van der Waals surface area contributed by atoms with Gasteiger partial charge in [0.15, 0.2) is 0 Å². The molecule has 18 heavy (non-hydrogen) atoms. The summed E-state index contributed by atoms with van der Waals surface area (Å²) in [6.45, 7) is 9.45. The molecule has 0 radical (unpaired) electrons. The summed E-state index contributed by atoms with van der Waals surface area (Å²) < 4.78 is 7.38. The number of hydrogen-bond donors (Lipinski definition) is 0. The molecule has 0 bridgehead atoms. The Labute approximate surface area is 133 Å². The van der Waals surface area contributed by atoms with E-state index < -0.39 is 5.54 Å². The fourth-order valence-corrected chi connectivity index (χ4v) is 3.25. The highest BCUT2D eigenvalue weighted by Crippen LogP contribution is 2.36. The van der Waals surface area contributed by atoms with Crippen LogP contribution in [0, 0.1) is 13.7 Å². The number of nitrogens with zero attached hydrogens (tertiary/aromatic N) is 1. The second-order valence-corrected chi connectivity index (χ2v) is 6.58. The highest BCUT2D eigenvalue weighted by Gasteiger charge is 2.52. The van der Waals surface area contributed by atoms with E-state index in [1.165, 1.54) is 0 Å². The highest BCUT2D eigenvalue weighted by atomic mass is 127. The van der Waals surface area contributed by atoms with Crippen LogP contribution >= 0.6 is 45.2 Å². The SMILES string of the molecule is [C-]#[N+]C1(C(=O)OCC)Cc2cc(I)c(I)cc2C1. The van der Waals surface area contributed by atoms with E-state index in [1.54, 1.807) is 6.92 Å². The van der Waals surface area contributed by atoms with E-state index in [0.717, 1.165) is 18.3 Å². The molecule has 1 aromatic rings. The Hall–Kier alpha value is -0.360. The average Bonchev–Trinajstić information content (AvgIpc) is 2.69. The molecule has 0 aliphatic heterocycles. The smallest absolute Gasteiger partial charge is 0.394 e. The van der Waals surface area contributed by atoms with Gasteiger partial charge >= 0.3 is 11.5 Å². The summed E-state index contributed by atoms with van der Waals surface area (Å²) in [4.78, 5) is 15.6. The summed E-state index contributed by atoms with van der Waals surface area (Å²) in [7, 11) is 0. The minimum Gasteiger partial charge on any atom is -0.460 e. The minimum atomic E-state index is -1.04. The van der Waals surface area contributed by atoms with Gasteiger partial charge in [0.1, 0.15) is 0 Å². The molecular formula is C13H11I2NO2. The Morgan fingerprint density at radius 2 is 1.89 bits per heavy atom. The van der Waals surface area contributed by atoms with Gasteiger partial charge in [0.2, 0.25) is 0 Å². The van der Waals surface area contributed by atoms with Crippen LogP contribution in [0.3, 0.4) is 0 Å². The number of carbonyl (C=O) groups excluding carboxylic acids is 1. The van der Waals surface area contributed by atoms with Crippen LogP contribution in [0.4, 0.5) is 0 Å². The summed E-state index contributed by atoms with van der Waals surface area (Å²) in [5, 5.41) is 0. The molecule has 3 nitrogen and oxygen atoms in total. The summed E-state index contributed by atoms with van der Waals surface area (Å²) in [6.07, 6.45) is 0.940. The third-order valence-corrected chi connectivity index (χ3v) is 5.89. The van der Waals surface area contributed by atoms with E-state index in [-0.39, 0.29) is 5.97 Å². The lowest BCUT2D eigenvalue weighted by atomic mass is 9.97. The standard InChI is InChI=1S/C13H11I2NO2/c1-3-18-12(17)13(16-2)6-8-4-10(14)11(15)5-9(8)7-13/h4-5H,3,6-7H2,1H3. The van der Waals surface area contributed by atoms with Gasteiger partial charge in [-0.05, 0) is 75.4 Å². The first-order chi connectivity index (χ1) is 8.52. The molecule has 0 aromatic heterocycles. The van der Waals surface area contributed by atoms with Gasteiger partial charge < -0.3 is 4.74 Å². The molecule has 1 aliphatic carbocycles. The zero-order chi connectivity index (χ0) is 13.3. The fraction of sp³-hybridized carbons (Fsp3) is 0.385. The van der Waals surface area contributed by atoms with Gasteiger partial charge in [-0.25, -0.2) is 11.4 Å². The van der Waals surface area contributed by atoms with Crippen molar-refractivity contribution in [3.05, 3.63) is 41.8 Å². The van der Waals surface area contributed by atoms with Crippen molar-refractivity contribution in [2.75, 3.05) is 6.61 Å². The normalized spacial score (nSPS) is 15.9. The van der Waals surface area contributed by atoms with Crippen molar-refractivity contribution in [3.63, 3.8) is 0 Å². The van der Waals surface area contributed by atoms with Crippen LogP contribution in [0.5, 0.6) is 0 Å². The third kappa shape index (κ3) is 2.37. The molecule has 2 rings (SSSR count). The van der Waals surface area contributed by atoms with Gasteiger partial charge in [-0.2, -0.15) is 0 Å². The van der Waals surface area contributed by atoms with Crippen molar-refractivity contribution < 1.29 is 9.53 Å². The van der Waals surface area contributed by atoms with Crippen LogP contribution in [0.15, 0.2) is 12.1 Å². The van der Waals surface area contributed by atoms with Crippen molar-refractivity contribution in [3.8, 4) is 0 Å². The summed E-state index contributed by atoms with van der Waals surface area (Å²) in [6, 6.07) is 4.15. The highest BCUT2D eigenvalue weighted by molar-refractivity contribution is 14.1. The predicted octanol–water partition coefficient (Wildman–Crippen LogP) is 3.22. The van der Waals surface area contributed by atoms with Gasteiger partial charge in [0, 0.05) is 7.14 Å². The van der Waals surface area contributed by atoms with Crippen molar-refractivity contribution in [1.82, 2.24) is 0 Å². The van der Waals surface area contributed by atoms with E-state index in [2.05, 4.69) is 62.2 Å². The molecule has 0 atom stereocenters. The van der Waals surface area contributed by atoms with Gasteiger partial charge in [-0.3, -0.25) is 4.85 Å². The molecule has 0 heterocycles. The Kier molecular flexibility index (Phi) is 4.16. The lowest BCUT2D eigenvalue weighted by Crippen LogP contribution is -2.37. The largest absolute Gasteiger partial charge is 0.460 e. The van der Waals surface area contributed by atoms with Gasteiger partial charge in [-0.1, -0.05) is 0 Å². The average molecular weight is 467 g/mol. The molecule has 1 aromatic carbocycles. The van der Waals surface area contributed by atoms with Crippen molar-refractivity contribution in [2.24, 2.45) is 0 Å². The van der Waals surface area contributed by atoms with E-state index >= 15 is 0 Å². The number of benzene rings is 1. The molecule has 0 saturated heterocycles. The Balaban J connectivity index is 2.37. The maximum absolute atomic E-state index is 12.0. The van der Waals surface area contributed by atoms with Gasteiger partial charge in [0.05, 0.1) is 19.4 Å². The lowest BCUT2D eigenvalue weighted by Gasteiger charge is -2.13. The molecule has 0 fully saturated rings. The molecule has 0 unspecified atom stereocenters. The van der Waals surface area contributed by atoms with Crippen molar-refractivity contribution in [1.29, 1.82) is 0 Å². The number of ether oxygens (including phenoxy) is 1. The molecule has 94 valence electrons.